The summed E-state index contributed by atoms with van der Waals surface area (Å²) in [6.45, 7) is 0.424. The van der Waals surface area contributed by atoms with E-state index in [1.54, 1.807) is 12.1 Å². The Hall–Kier alpha value is -2.93. The standard InChI is InChI=1S/C18H20N2O5/c1-24-10-9-20(12-17(21)22)18(23)15-7-8-16(19-11-15)25-13-14-5-3-2-4-6-14/h2-8,11H,9-10,12-13H2,1H3,(H,21,22). The van der Waals surface area contributed by atoms with Crippen LogP contribution in [0.15, 0.2) is 48.7 Å². The molecular weight excluding hydrogens is 324 g/mol. The number of nitrogens with zero attached hydrogens (tertiary/aromatic N) is 2. The molecule has 0 unspecified atom stereocenters. The topological polar surface area (TPSA) is 89.0 Å². The van der Waals surface area contributed by atoms with E-state index in [1.165, 1.54) is 18.2 Å². The third kappa shape index (κ3) is 5.89. The number of carboxylic acids is 1. The molecule has 1 heterocycles. The summed E-state index contributed by atoms with van der Waals surface area (Å²) in [6, 6.07) is 12.8. The smallest absolute Gasteiger partial charge is 0.323 e. The molecule has 0 aliphatic rings. The summed E-state index contributed by atoms with van der Waals surface area (Å²) in [4.78, 5) is 28.6. The Morgan fingerprint density at radius 3 is 2.52 bits per heavy atom. The number of hydrogen-bond acceptors (Lipinski definition) is 5. The van der Waals surface area contributed by atoms with Crippen LogP contribution in [0.25, 0.3) is 0 Å². The second kappa shape index (κ2) is 9.39. The zero-order chi connectivity index (χ0) is 18.1. The number of rotatable bonds is 9. The number of carboxylic acid groups (broad SMARTS) is 1. The third-order valence-corrected chi connectivity index (χ3v) is 3.39. The maximum atomic E-state index is 12.4. The summed E-state index contributed by atoms with van der Waals surface area (Å²) in [6.07, 6.45) is 1.38. The largest absolute Gasteiger partial charge is 0.480 e. The lowest BCUT2D eigenvalue weighted by atomic mass is 10.2. The molecule has 2 aromatic rings. The first-order chi connectivity index (χ1) is 12.1. The van der Waals surface area contributed by atoms with Crippen molar-refractivity contribution in [2.24, 2.45) is 0 Å². The van der Waals surface area contributed by atoms with Gasteiger partial charge in [0.05, 0.1) is 12.2 Å². The first-order valence-electron chi connectivity index (χ1n) is 7.73. The van der Waals surface area contributed by atoms with E-state index < -0.39 is 18.4 Å². The molecule has 0 saturated carbocycles. The van der Waals surface area contributed by atoms with Gasteiger partial charge >= 0.3 is 5.97 Å². The number of aliphatic carboxylic acids is 1. The zero-order valence-corrected chi connectivity index (χ0v) is 13.9. The zero-order valence-electron chi connectivity index (χ0n) is 13.9. The van der Waals surface area contributed by atoms with Gasteiger partial charge in [-0.05, 0) is 11.6 Å². The molecule has 0 fully saturated rings. The lowest BCUT2D eigenvalue weighted by Gasteiger charge is -2.20. The number of aromatic nitrogens is 1. The van der Waals surface area contributed by atoms with E-state index in [9.17, 15) is 9.59 Å². The van der Waals surface area contributed by atoms with Gasteiger partial charge in [-0.25, -0.2) is 4.98 Å². The van der Waals surface area contributed by atoms with Crippen molar-refractivity contribution in [2.45, 2.75) is 6.61 Å². The number of carbonyl (C=O) groups is 2. The van der Waals surface area contributed by atoms with Crippen molar-refractivity contribution in [3.8, 4) is 5.88 Å². The van der Waals surface area contributed by atoms with Crippen molar-refractivity contribution in [2.75, 3.05) is 26.8 Å². The summed E-state index contributed by atoms with van der Waals surface area (Å²) in [5.41, 5.74) is 1.31. The SMILES string of the molecule is COCCN(CC(=O)O)C(=O)c1ccc(OCc2ccccc2)nc1. The van der Waals surface area contributed by atoms with E-state index in [-0.39, 0.29) is 13.2 Å². The van der Waals surface area contributed by atoms with Gasteiger partial charge in [0.2, 0.25) is 5.88 Å². The maximum Gasteiger partial charge on any atom is 0.323 e. The molecule has 0 radical (unpaired) electrons. The lowest BCUT2D eigenvalue weighted by molar-refractivity contribution is -0.137. The van der Waals surface area contributed by atoms with Crippen LogP contribution in [0, 0.1) is 0 Å². The van der Waals surface area contributed by atoms with Crippen molar-refractivity contribution in [1.29, 1.82) is 0 Å². The van der Waals surface area contributed by atoms with Crippen LogP contribution in [0.5, 0.6) is 5.88 Å². The number of ether oxygens (including phenoxy) is 2. The minimum absolute atomic E-state index is 0.188. The molecule has 1 aromatic carbocycles. The van der Waals surface area contributed by atoms with E-state index >= 15 is 0 Å². The van der Waals surface area contributed by atoms with Crippen LogP contribution in [0.1, 0.15) is 15.9 Å². The van der Waals surface area contributed by atoms with E-state index in [2.05, 4.69) is 4.98 Å². The van der Waals surface area contributed by atoms with Gasteiger partial charge in [-0.15, -0.1) is 0 Å². The summed E-state index contributed by atoms with van der Waals surface area (Å²) in [7, 11) is 1.49. The highest BCUT2D eigenvalue weighted by Gasteiger charge is 2.18. The Morgan fingerprint density at radius 2 is 1.92 bits per heavy atom. The quantitative estimate of drug-likeness (QED) is 0.746. The number of hydrogen-bond donors (Lipinski definition) is 1. The van der Waals surface area contributed by atoms with E-state index in [1.807, 2.05) is 30.3 Å². The van der Waals surface area contributed by atoms with Crippen LogP contribution in [0.3, 0.4) is 0 Å². The Bertz CT molecular complexity index is 688. The maximum absolute atomic E-state index is 12.4. The number of amides is 1. The van der Waals surface area contributed by atoms with Crippen LogP contribution in [0.2, 0.25) is 0 Å². The normalized spacial score (nSPS) is 10.3. The lowest BCUT2D eigenvalue weighted by Crippen LogP contribution is -2.38. The van der Waals surface area contributed by atoms with E-state index in [0.717, 1.165) is 5.56 Å². The highest BCUT2D eigenvalue weighted by atomic mass is 16.5. The number of carbonyl (C=O) groups excluding carboxylic acids is 1. The third-order valence-electron chi connectivity index (χ3n) is 3.39. The molecule has 0 saturated heterocycles. The van der Waals surface area contributed by atoms with Crippen LogP contribution < -0.4 is 4.74 Å². The number of methoxy groups -OCH3 is 1. The molecule has 1 N–H and O–H groups in total. The average Bonchev–Trinajstić information content (AvgIpc) is 2.64. The van der Waals surface area contributed by atoms with Gasteiger partial charge in [0.15, 0.2) is 0 Å². The molecule has 0 aliphatic heterocycles. The van der Waals surface area contributed by atoms with Gasteiger partial charge in [0.1, 0.15) is 13.2 Å². The van der Waals surface area contributed by atoms with Crippen molar-refractivity contribution >= 4 is 11.9 Å². The first kappa shape index (κ1) is 18.4. The monoisotopic (exact) mass is 344 g/mol. The van der Waals surface area contributed by atoms with Gasteiger partial charge in [-0.1, -0.05) is 30.3 Å². The highest BCUT2D eigenvalue weighted by molar-refractivity contribution is 5.95. The van der Waals surface area contributed by atoms with E-state index in [0.29, 0.717) is 18.1 Å². The van der Waals surface area contributed by atoms with Gasteiger partial charge in [-0.2, -0.15) is 0 Å². The second-order valence-electron chi connectivity index (χ2n) is 5.27. The molecule has 0 spiro atoms. The number of benzene rings is 1. The highest BCUT2D eigenvalue weighted by Crippen LogP contribution is 2.12. The molecule has 1 amide bonds. The Morgan fingerprint density at radius 1 is 1.16 bits per heavy atom. The summed E-state index contributed by atoms with van der Waals surface area (Å²) in [5, 5.41) is 8.93. The summed E-state index contributed by atoms with van der Waals surface area (Å²) >= 11 is 0. The van der Waals surface area contributed by atoms with Gasteiger partial charge in [-0.3, -0.25) is 9.59 Å². The molecule has 132 valence electrons. The Labute approximate surface area is 145 Å². The fraction of sp³-hybridized carbons (Fsp3) is 0.278. The van der Waals surface area contributed by atoms with Crippen molar-refractivity contribution < 1.29 is 24.2 Å². The van der Waals surface area contributed by atoms with Crippen molar-refractivity contribution in [3.63, 3.8) is 0 Å². The fourth-order valence-electron chi connectivity index (χ4n) is 2.12. The molecule has 7 heteroatoms. The minimum Gasteiger partial charge on any atom is -0.480 e. The predicted molar refractivity (Wildman–Crippen MR) is 90.4 cm³/mol. The van der Waals surface area contributed by atoms with Gasteiger partial charge in [0.25, 0.3) is 5.91 Å². The molecule has 7 nitrogen and oxygen atoms in total. The predicted octanol–water partition coefficient (Wildman–Crippen LogP) is 1.83. The Balaban J connectivity index is 1.99. The first-order valence-corrected chi connectivity index (χ1v) is 7.73. The molecule has 1 aromatic heterocycles. The van der Waals surface area contributed by atoms with Crippen molar-refractivity contribution in [3.05, 3.63) is 59.8 Å². The molecule has 0 bridgehead atoms. The fourth-order valence-corrected chi connectivity index (χ4v) is 2.12. The Kier molecular flexibility index (Phi) is 6.91. The number of pyridine rings is 1. The summed E-state index contributed by atoms with van der Waals surface area (Å²) < 4.78 is 10.5. The van der Waals surface area contributed by atoms with Crippen molar-refractivity contribution in [1.82, 2.24) is 9.88 Å². The van der Waals surface area contributed by atoms with Crippen LogP contribution in [-0.4, -0.2) is 53.7 Å². The second-order valence-corrected chi connectivity index (χ2v) is 5.27. The van der Waals surface area contributed by atoms with E-state index in [4.69, 9.17) is 14.6 Å². The van der Waals surface area contributed by atoms with Gasteiger partial charge < -0.3 is 19.5 Å². The van der Waals surface area contributed by atoms with Crippen LogP contribution >= 0.6 is 0 Å². The minimum atomic E-state index is -1.08. The molecular formula is C18H20N2O5. The molecule has 2 rings (SSSR count). The molecule has 0 aliphatic carbocycles. The molecule has 25 heavy (non-hydrogen) atoms. The van der Waals surface area contributed by atoms with Crippen LogP contribution in [0.4, 0.5) is 0 Å². The summed E-state index contributed by atoms with van der Waals surface area (Å²) in [5.74, 6) is -1.11. The molecule has 0 atom stereocenters. The van der Waals surface area contributed by atoms with Crippen LogP contribution in [-0.2, 0) is 16.1 Å². The average molecular weight is 344 g/mol. The van der Waals surface area contributed by atoms with Gasteiger partial charge in [0, 0.05) is 25.9 Å².